The summed E-state index contributed by atoms with van der Waals surface area (Å²) in [5.74, 6) is 0.968. The molecule has 0 saturated heterocycles. The van der Waals surface area contributed by atoms with Crippen molar-refractivity contribution in [2.24, 2.45) is 0 Å². The molecule has 1 unspecified atom stereocenters. The Kier molecular flexibility index (Phi) is 3.82. The molecule has 1 fully saturated rings. The third-order valence-electron chi connectivity index (χ3n) is 4.58. The molecular weight excluding hydrogens is 332 g/mol. The first-order chi connectivity index (χ1) is 12.5. The zero-order valence-electron chi connectivity index (χ0n) is 14.9. The van der Waals surface area contributed by atoms with E-state index in [0.717, 1.165) is 12.8 Å². The van der Waals surface area contributed by atoms with Crippen LogP contribution >= 0.6 is 0 Å². The Bertz CT molecular complexity index is 964. The molecule has 2 N–H and O–H groups in total. The van der Waals surface area contributed by atoms with Gasteiger partial charge in [-0.2, -0.15) is 4.98 Å². The minimum Gasteiger partial charge on any atom is -0.445 e. The third kappa shape index (κ3) is 3.10. The van der Waals surface area contributed by atoms with Crippen LogP contribution in [0.2, 0.25) is 0 Å². The van der Waals surface area contributed by atoms with Crippen LogP contribution in [0.1, 0.15) is 54.6 Å². The SMILES string of the molecule is Cc1nc(NC2(C)CC2)c2c(C(=O)NC(C)c3cnccn3)coc2n1. The van der Waals surface area contributed by atoms with Crippen LogP contribution in [0.3, 0.4) is 0 Å². The molecule has 0 bridgehead atoms. The van der Waals surface area contributed by atoms with Crippen molar-refractivity contribution in [2.45, 2.75) is 45.2 Å². The van der Waals surface area contributed by atoms with Gasteiger partial charge in [-0.05, 0) is 33.6 Å². The van der Waals surface area contributed by atoms with E-state index in [4.69, 9.17) is 4.42 Å². The largest absolute Gasteiger partial charge is 0.445 e. The predicted octanol–water partition coefficient (Wildman–Crippen LogP) is 2.78. The fraction of sp³-hybridized carbons (Fsp3) is 0.389. The highest BCUT2D eigenvalue weighted by Crippen LogP contribution is 2.39. The summed E-state index contributed by atoms with van der Waals surface area (Å²) in [5, 5.41) is 6.96. The van der Waals surface area contributed by atoms with Crippen molar-refractivity contribution >= 4 is 22.8 Å². The van der Waals surface area contributed by atoms with Gasteiger partial charge in [0.25, 0.3) is 5.91 Å². The summed E-state index contributed by atoms with van der Waals surface area (Å²) in [6.07, 6.45) is 8.39. The van der Waals surface area contributed by atoms with E-state index in [1.807, 2.05) is 6.92 Å². The van der Waals surface area contributed by atoms with Gasteiger partial charge < -0.3 is 15.1 Å². The number of hydrogen-bond donors (Lipinski definition) is 2. The molecule has 3 aromatic heterocycles. The number of rotatable bonds is 5. The van der Waals surface area contributed by atoms with E-state index in [1.54, 1.807) is 25.5 Å². The minimum atomic E-state index is -0.287. The number of anilines is 1. The molecule has 0 aliphatic heterocycles. The number of amides is 1. The lowest BCUT2D eigenvalue weighted by Crippen LogP contribution is -2.27. The standard InChI is InChI=1S/C18H20N6O2/c1-10(13-8-19-6-7-20-13)21-16(25)12-9-26-17-14(12)15(22-11(2)23-17)24-18(3)4-5-18/h6-10H,4-5H2,1-3H3,(H,21,25)(H,22,23,24). The van der Waals surface area contributed by atoms with Crippen LogP contribution in [-0.4, -0.2) is 31.4 Å². The number of furan rings is 1. The van der Waals surface area contributed by atoms with Crippen molar-refractivity contribution < 1.29 is 9.21 Å². The average Bonchev–Trinajstić information content (AvgIpc) is 3.17. The Morgan fingerprint density at radius 1 is 1.31 bits per heavy atom. The maximum atomic E-state index is 12.8. The van der Waals surface area contributed by atoms with Crippen molar-refractivity contribution in [2.75, 3.05) is 5.32 Å². The van der Waals surface area contributed by atoms with E-state index in [-0.39, 0.29) is 17.5 Å². The summed E-state index contributed by atoms with van der Waals surface area (Å²) in [7, 11) is 0. The highest BCUT2D eigenvalue weighted by Gasteiger charge is 2.38. The summed E-state index contributed by atoms with van der Waals surface area (Å²) in [5.41, 5.74) is 1.51. The summed E-state index contributed by atoms with van der Waals surface area (Å²) >= 11 is 0. The fourth-order valence-electron chi connectivity index (χ4n) is 2.79. The van der Waals surface area contributed by atoms with E-state index in [0.29, 0.717) is 34.0 Å². The van der Waals surface area contributed by atoms with Crippen LogP contribution in [0.15, 0.2) is 29.3 Å². The third-order valence-corrected chi connectivity index (χ3v) is 4.58. The quantitative estimate of drug-likeness (QED) is 0.727. The predicted molar refractivity (Wildman–Crippen MR) is 95.7 cm³/mol. The molecule has 1 aliphatic carbocycles. The average molecular weight is 352 g/mol. The highest BCUT2D eigenvalue weighted by atomic mass is 16.3. The van der Waals surface area contributed by atoms with Crippen molar-refractivity contribution in [3.63, 3.8) is 0 Å². The number of hydrogen-bond acceptors (Lipinski definition) is 7. The first kappa shape index (κ1) is 16.4. The van der Waals surface area contributed by atoms with Crippen LogP contribution in [-0.2, 0) is 0 Å². The minimum absolute atomic E-state index is 0.0195. The molecule has 0 radical (unpaired) electrons. The molecule has 1 aliphatic rings. The molecule has 1 atom stereocenters. The summed E-state index contributed by atoms with van der Waals surface area (Å²) < 4.78 is 5.53. The Morgan fingerprint density at radius 2 is 2.12 bits per heavy atom. The second-order valence-electron chi connectivity index (χ2n) is 6.96. The first-order valence-electron chi connectivity index (χ1n) is 8.56. The zero-order valence-corrected chi connectivity index (χ0v) is 14.9. The molecule has 1 amide bonds. The number of nitrogens with one attached hydrogen (secondary N) is 2. The molecule has 3 aromatic rings. The smallest absolute Gasteiger partial charge is 0.255 e. The summed E-state index contributed by atoms with van der Waals surface area (Å²) in [4.78, 5) is 29.9. The number of fused-ring (bicyclic) bond motifs is 1. The van der Waals surface area contributed by atoms with Crippen molar-refractivity contribution in [3.05, 3.63) is 41.9 Å². The Morgan fingerprint density at radius 3 is 2.81 bits per heavy atom. The van der Waals surface area contributed by atoms with E-state index in [9.17, 15) is 4.79 Å². The maximum absolute atomic E-state index is 12.8. The van der Waals surface area contributed by atoms with Gasteiger partial charge in [-0.3, -0.25) is 14.8 Å². The van der Waals surface area contributed by atoms with E-state index < -0.39 is 0 Å². The second-order valence-corrected chi connectivity index (χ2v) is 6.96. The van der Waals surface area contributed by atoms with Crippen LogP contribution in [0.5, 0.6) is 0 Å². The van der Waals surface area contributed by atoms with Crippen LogP contribution in [0.25, 0.3) is 11.1 Å². The molecular formula is C18H20N6O2. The summed E-state index contributed by atoms with van der Waals surface area (Å²) in [6, 6.07) is -0.287. The second kappa shape index (κ2) is 6.05. The van der Waals surface area contributed by atoms with Gasteiger partial charge >= 0.3 is 0 Å². The van der Waals surface area contributed by atoms with Crippen molar-refractivity contribution in [1.29, 1.82) is 0 Å². The lowest BCUT2D eigenvalue weighted by Gasteiger charge is -2.15. The number of carbonyl (C=O) groups excluding carboxylic acids is 1. The molecule has 0 spiro atoms. The monoisotopic (exact) mass is 352 g/mol. The van der Waals surface area contributed by atoms with E-state index >= 15 is 0 Å². The fourth-order valence-corrected chi connectivity index (χ4v) is 2.79. The van der Waals surface area contributed by atoms with Gasteiger partial charge in [-0.1, -0.05) is 0 Å². The number of nitrogens with zero attached hydrogens (tertiary/aromatic N) is 4. The zero-order chi connectivity index (χ0) is 18.3. The molecule has 8 heteroatoms. The topological polar surface area (TPSA) is 106 Å². The Hall–Kier alpha value is -3.03. The number of carbonyl (C=O) groups is 1. The molecule has 26 heavy (non-hydrogen) atoms. The van der Waals surface area contributed by atoms with E-state index in [1.165, 1.54) is 6.26 Å². The van der Waals surface area contributed by atoms with Gasteiger partial charge in [-0.15, -0.1) is 0 Å². The normalized spacial score (nSPS) is 16.3. The van der Waals surface area contributed by atoms with Crippen LogP contribution in [0.4, 0.5) is 5.82 Å². The van der Waals surface area contributed by atoms with Gasteiger partial charge in [0.2, 0.25) is 5.71 Å². The summed E-state index contributed by atoms with van der Waals surface area (Å²) in [6.45, 7) is 5.79. The lowest BCUT2D eigenvalue weighted by molar-refractivity contribution is 0.0940. The van der Waals surface area contributed by atoms with E-state index in [2.05, 4.69) is 37.5 Å². The molecule has 8 nitrogen and oxygen atoms in total. The number of aryl methyl sites for hydroxylation is 1. The molecule has 4 rings (SSSR count). The molecule has 134 valence electrons. The van der Waals surface area contributed by atoms with Gasteiger partial charge in [0.15, 0.2) is 0 Å². The van der Waals surface area contributed by atoms with Crippen LogP contribution < -0.4 is 10.6 Å². The maximum Gasteiger partial charge on any atom is 0.255 e. The Labute approximate surface area is 150 Å². The first-order valence-corrected chi connectivity index (χ1v) is 8.56. The highest BCUT2D eigenvalue weighted by molar-refractivity contribution is 6.09. The molecule has 0 aromatic carbocycles. The Balaban J connectivity index is 1.66. The number of aromatic nitrogens is 4. The van der Waals surface area contributed by atoms with Gasteiger partial charge in [0.05, 0.1) is 28.9 Å². The van der Waals surface area contributed by atoms with Gasteiger partial charge in [0, 0.05) is 17.9 Å². The molecule has 1 saturated carbocycles. The van der Waals surface area contributed by atoms with Crippen LogP contribution in [0, 0.1) is 6.92 Å². The van der Waals surface area contributed by atoms with Crippen molar-refractivity contribution in [1.82, 2.24) is 25.3 Å². The van der Waals surface area contributed by atoms with Gasteiger partial charge in [-0.25, -0.2) is 4.98 Å². The lowest BCUT2D eigenvalue weighted by atomic mass is 10.1. The van der Waals surface area contributed by atoms with Crippen molar-refractivity contribution in [3.8, 4) is 0 Å². The van der Waals surface area contributed by atoms with Gasteiger partial charge in [0.1, 0.15) is 17.9 Å². The molecule has 3 heterocycles.